The average molecular weight is 457 g/mol. The van der Waals surface area contributed by atoms with E-state index in [-0.39, 0.29) is 17.7 Å². The van der Waals surface area contributed by atoms with Gasteiger partial charge in [0.05, 0.1) is 6.61 Å². The van der Waals surface area contributed by atoms with Crippen molar-refractivity contribution in [1.82, 2.24) is 5.48 Å². The number of nitrogens with two attached hydrogens (primary N) is 1. The molecule has 0 aliphatic rings. The molecule has 8 heteroatoms. The quantitative estimate of drug-likeness (QED) is 0.131. The number of nitrogen functional groups attached to an aromatic ring is 1. The van der Waals surface area contributed by atoms with Crippen LogP contribution in [0.3, 0.4) is 0 Å². The van der Waals surface area contributed by atoms with Gasteiger partial charge in [-0.1, -0.05) is 36.1 Å². The van der Waals surface area contributed by atoms with Gasteiger partial charge in [0.2, 0.25) is 0 Å². The maximum absolute atomic E-state index is 12.7. The van der Waals surface area contributed by atoms with E-state index < -0.39 is 23.1 Å². The number of carbonyl (C=O) groups excluding carboxylic acids is 2. The molecule has 0 heterocycles. The van der Waals surface area contributed by atoms with Crippen molar-refractivity contribution < 1.29 is 25.0 Å². The number of benzene rings is 3. The molecule has 2 amide bonds. The number of anilines is 1. The zero-order chi connectivity index (χ0) is 24.7. The van der Waals surface area contributed by atoms with E-state index in [0.717, 1.165) is 5.56 Å². The molecule has 172 valence electrons. The summed E-state index contributed by atoms with van der Waals surface area (Å²) in [6.45, 7) is 1.08. The van der Waals surface area contributed by atoms with Crippen LogP contribution in [0.25, 0.3) is 0 Å². The fourth-order valence-corrected chi connectivity index (χ4v) is 3.08. The van der Waals surface area contributed by atoms with Gasteiger partial charge >= 0.3 is 0 Å². The molecule has 0 saturated carbocycles. The molecule has 0 aliphatic carbocycles. The second-order valence-electron chi connectivity index (χ2n) is 7.58. The molecule has 3 aromatic rings. The van der Waals surface area contributed by atoms with Crippen LogP contribution in [0.4, 0.5) is 5.69 Å². The normalized spacial score (nSPS) is 12.8. The van der Waals surface area contributed by atoms with E-state index in [0.29, 0.717) is 16.8 Å². The van der Waals surface area contributed by atoms with Gasteiger partial charge in [0.25, 0.3) is 11.8 Å². The Morgan fingerprint density at radius 3 is 1.97 bits per heavy atom. The van der Waals surface area contributed by atoms with Crippen LogP contribution in [-0.2, 0) is 17.0 Å². The Labute approximate surface area is 196 Å². The van der Waals surface area contributed by atoms with Crippen molar-refractivity contribution in [2.45, 2.75) is 19.1 Å². The number of aliphatic hydroxyl groups is 2. The Kier molecular flexibility index (Phi) is 7.56. The Morgan fingerprint density at radius 2 is 1.47 bits per heavy atom. The number of amides is 2. The van der Waals surface area contributed by atoms with E-state index in [9.17, 15) is 19.8 Å². The van der Waals surface area contributed by atoms with E-state index in [1.54, 1.807) is 48.5 Å². The monoisotopic (exact) mass is 457 g/mol. The van der Waals surface area contributed by atoms with Crippen LogP contribution >= 0.6 is 0 Å². The van der Waals surface area contributed by atoms with Crippen LogP contribution in [0.1, 0.15) is 39.5 Å². The molecule has 0 bridgehead atoms. The van der Waals surface area contributed by atoms with Crippen molar-refractivity contribution in [2.24, 2.45) is 4.99 Å². The van der Waals surface area contributed by atoms with Crippen LogP contribution in [0, 0.1) is 11.8 Å². The van der Waals surface area contributed by atoms with Gasteiger partial charge in [0.15, 0.2) is 0 Å². The van der Waals surface area contributed by atoms with Gasteiger partial charge < -0.3 is 15.9 Å². The van der Waals surface area contributed by atoms with E-state index in [2.05, 4.69) is 16.8 Å². The highest BCUT2D eigenvalue weighted by Crippen LogP contribution is 2.24. The lowest BCUT2D eigenvalue weighted by Crippen LogP contribution is -2.43. The SMILES string of the molecule is CC(O)(C(=NC(=O)c1ccc(C#Cc2ccc(N)cc2)cc1)C(=O)NO)c1ccc(CO)cc1. The number of rotatable bonds is 5. The molecule has 34 heavy (non-hydrogen) atoms. The first-order chi connectivity index (χ1) is 16.2. The molecule has 0 saturated heterocycles. The summed E-state index contributed by atoms with van der Waals surface area (Å²) in [6.07, 6.45) is 0. The van der Waals surface area contributed by atoms with Crippen LogP contribution in [0.5, 0.6) is 0 Å². The minimum Gasteiger partial charge on any atom is -0.399 e. The Hall–Kier alpha value is -4.29. The Balaban J connectivity index is 1.86. The maximum atomic E-state index is 12.7. The van der Waals surface area contributed by atoms with Crippen LogP contribution in [0.2, 0.25) is 0 Å². The number of hydroxylamine groups is 1. The molecule has 0 aliphatic heterocycles. The average Bonchev–Trinajstić information content (AvgIpc) is 2.86. The van der Waals surface area contributed by atoms with E-state index in [1.165, 1.54) is 36.7 Å². The molecule has 0 aromatic heterocycles. The lowest BCUT2D eigenvalue weighted by Gasteiger charge is -2.24. The molecule has 1 atom stereocenters. The second-order valence-corrected chi connectivity index (χ2v) is 7.58. The Morgan fingerprint density at radius 1 is 0.941 bits per heavy atom. The lowest BCUT2D eigenvalue weighted by molar-refractivity contribution is -0.123. The number of aliphatic imine (C=N–C) groups is 1. The topological polar surface area (TPSA) is 145 Å². The zero-order valence-corrected chi connectivity index (χ0v) is 18.3. The number of carbonyl (C=O) groups is 2. The number of aliphatic hydroxyl groups excluding tert-OH is 1. The third-order valence-corrected chi connectivity index (χ3v) is 5.08. The van der Waals surface area contributed by atoms with Crippen LogP contribution in [0.15, 0.2) is 77.8 Å². The highest BCUT2D eigenvalue weighted by molar-refractivity contribution is 6.43. The van der Waals surface area contributed by atoms with Crippen molar-refractivity contribution in [1.29, 1.82) is 0 Å². The molecule has 1 unspecified atom stereocenters. The van der Waals surface area contributed by atoms with Crippen molar-refractivity contribution in [3.63, 3.8) is 0 Å². The summed E-state index contributed by atoms with van der Waals surface area (Å²) in [6, 6.07) is 19.5. The fraction of sp³-hybridized carbons (Fsp3) is 0.115. The minimum absolute atomic E-state index is 0.160. The standard InChI is InChI=1S/C26H23N3O5/c1-26(33,21-12-6-19(16-30)7-13-21)23(25(32)29-34)28-24(31)20-10-4-17(5-11-20)2-3-18-8-14-22(27)15-9-18/h4-15,30,33-34H,16,27H2,1H3,(H,29,32). The van der Waals surface area contributed by atoms with E-state index >= 15 is 0 Å². The summed E-state index contributed by atoms with van der Waals surface area (Å²) in [4.78, 5) is 28.8. The molecule has 0 fully saturated rings. The largest absolute Gasteiger partial charge is 0.399 e. The Bertz CT molecular complexity index is 1270. The van der Waals surface area contributed by atoms with Crippen molar-refractivity contribution in [3.05, 3.63) is 101 Å². The first-order valence-corrected chi connectivity index (χ1v) is 10.2. The first kappa shape index (κ1) is 24.4. The number of hydrogen-bond acceptors (Lipinski definition) is 6. The van der Waals surface area contributed by atoms with Gasteiger partial charge in [-0.2, -0.15) is 0 Å². The first-order valence-electron chi connectivity index (χ1n) is 10.2. The van der Waals surface area contributed by atoms with Gasteiger partial charge in [-0.05, 0) is 66.6 Å². The van der Waals surface area contributed by atoms with Gasteiger partial charge in [0.1, 0.15) is 11.3 Å². The lowest BCUT2D eigenvalue weighted by atomic mass is 9.89. The molecular weight excluding hydrogens is 434 g/mol. The van der Waals surface area contributed by atoms with Gasteiger partial charge in [-0.25, -0.2) is 10.5 Å². The highest BCUT2D eigenvalue weighted by atomic mass is 16.5. The summed E-state index contributed by atoms with van der Waals surface area (Å²) in [5, 5.41) is 29.3. The molecular formula is C26H23N3O5. The van der Waals surface area contributed by atoms with E-state index in [4.69, 9.17) is 10.9 Å². The summed E-state index contributed by atoms with van der Waals surface area (Å²) in [5.41, 5.74) is 7.57. The number of nitrogens with zero attached hydrogens (tertiary/aromatic N) is 1. The smallest absolute Gasteiger partial charge is 0.292 e. The van der Waals surface area contributed by atoms with Crippen molar-refractivity contribution in [2.75, 3.05) is 5.73 Å². The van der Waals surface area contributed by atoms with Crippen molar-refractivity contribution >= 4 is 23.2 Å². The zero-order valence-electron chi connectivity index (χ0n) is 18.3. The van der Waals surface area contributed by atoms with Gasteiger partial charge in [-0.15, -0.1) is 0 Å². The molecule has 0 spiro atoms. The predicted octanol–water partition coefficient (Wildman–Crippen LogP) is 2.16. The minimum atomic E-state index is -2.00. The maximum Gasteiger partial charge on any atom is 0.292 e. The molecule has 0 radical (unpaired) electrons. The summed E-state index contributed by atoms with van der Waals surface area (Å²) in [7, 11) is 0. The third-order valence-electron chi connectivity index (χ3n) is 5.08. The number of hydrogen-bond donors (Lipinski definition) is 5. The third kappa shape index (κ3) is 5.74. The van der Waals surface area contributed by atoms with Crippen LogP contribution in [-0.4, -0.2) is 32.9 Å². The van der Waals surface area contributed by atoms with Crippen molar-refractivity contribution in [3.8, 4) is 11.8 Å². The summed E-state index contributed by atoms with van der Waals surface area (Å²) in [5.74, 6) is 4.05. The highest BCUT2D eigenvalue weighted by Gasteiger charge is 2.36. The van der Waals surface area contributed by atoms with E-state index in [1.807, 2.05) is 0 Å². The molecule has 6 N–H and O–H groups in total. The van der Waals surface area contributed by atoms with Gasteiger partial charge in [0, 0.05) is 22.4 Å². The second kappa shape index (κ2) is 10.6. The predicted molar refractivity (Wildman–Crippen MR) is 127 cm³/mol. The van der Waals surface area contributed by atoms with Crippen LogP contribution < -0.4 is 11.2 Å². The molecule has 8 nitrogen and oxygen atoms in total. The fourth-order valence-electron chi connectivity index (χ4n) is 3.08. The summed E-state index contributed by atoms with van der Waals surface area (Å²) >= 11 is 0. The molecule has 3 rings (SSSR count). The molecule has 3 aromatic carbocycles. The number of nitrogens with one attached hydrogen (secondary N) is 1. The summed E-state index contributed by atoms with van der Waals surface area (Å²) < 4.78 is 0. The van der Waals surface area contributed by atoms with Gasteiger partial charge in [-0.3, -0.25) is 14.8 Å².